The lowest BCUT2D eigenvalue weighted by Gasteiger charge is -2.04. The average Bonchev–Trinajstić information content (AvgIpc) is 2.16. The lowest BCUT2D eigenvalue weighted by Crippen LogP contribution is -2.02. The topological polar surface area (TPSA) is 57.9 Å². The van der Waals surface area contributed by atoms with Crippen LogP contribution in [0, 0.1) is 18.3 Å². The minimum absolute atomic E-state index is 0.174. The second-order valence-corrected chi connectivity index (χ2v) is 3.00. The number of Topliss-reactive ketones (excluding diaryl/α,β-unsaturated/α-hetero) is 1. The van der Waals surface area contributed by atoms with E-state index in [1.165, 1.54) is 6.92 Å². The first-order valence-corrected chi connectivity index (χ1v) is 4.11. The van der Waals surface area contributed by atoms with Crippen LogP contribution in [0.4, 0.5) is 0 Å². The number of carbonyl (C=O) groups excluding carboxylic acids is 2. The van der Waals surface area contributed by atoms with Crippen molar-refractivity contribution in [2.24, 2.45) is 0 Å². The summed E-state index contributed by atoms with van der Waals surface area (Å²) in [6, 6.07) is 5.13. The van der Waals surface area contributed by atoms with Crippen molar-refractivity contribution >= 4 is 12.1 Å². The zero-order valence-corrected chi connectivity index (χ0v) is 8.00. The fraction of sp³-hybridized carbons (Fsp3) is 0.182. The number of benzene rings is 1. The highest BCUT2D eigenvalue weighted by molar-refractivity contribution is 5.99. The molecule has 70 valence electrons. The Kier molecular flexibility index (Phi) is 2.78. The fourth-order valence-electron chi connectivity index (χ4n) is 1.29. The van der Waals surface area contributed by atoms with Crippen LogP contribution in [-0.4, -0.2) is 12.1 Å². The van der Waals surface area contributed by atoms with Crippen LogP contribution in [0.25, 0.3) is 0 Å². The Morgan fingerprint density at radius 1 is 1.50 bits per heavy atom. The third-order valence-corrected chi connectivity index (χ3v) is 2.07. The molecule has 0 saturated heterocycles. The number of rotatable bonds is 2. The van der Waals surface area contributed by atoms with E-state index in [1.807, 2.05) is 6.07 Å². The molecule has 0 amide bonds. The highest BCUT2D eigenvalue weighted by Gasteiger charge is 2.12. The average molecular weight is 187 g/mol. The van der Waals surface area contributed by atoms with Crippen molar-refractivity contribution < 1.29 is 9.59 Å². The van der Waals surface area contributed by atoms with E-state index in [0.29, 0.717) is 23.0 Å². The van der Waals surface area contributed by atoms with E-state index in [1.54, 1.807) is 19.1 Å². The van der Waals surface area contributed by atoms with Gasteiger partial charge in [-0.3, -0.25) is 9.59 Å². The van der Waals surface area contributed by atoms with Crippen LogP contribution in [0.2, 0.25) is 0 Å². The SMILES string of the molecule is CC(=O)c1ccc(C)c(C=O)c1C#N. The standard InChI is InChI=1S/C11H9NO2/c1-7-3-4-9(8(2)14)10(5-12)11(7)6-13/h3-4,6H,1-2H3. The van der Waals surface area contributed by atoms with E-state index in [9.17, 15) is 9.59 Å². The molecule has 0 saturated carbocycles. The van der Waals surface area contributed by atoms with Gasteiger partial charge in [-0.15, -0.1) is 0 Å². The molecule has 0 radical (unpaired) electrons. The largest absolute Gasteiger partial charge is 0.298 e. The number of aryl methyl sites for hydroxylation is 1. The van der Waals surface area contributed by atoms with E-state index < -0.39 is 0 Å². The fourth-order valence-corrected chi connectivity index (χ4v) is 1.29. The zero-order valence-electron chi connectivity index (χ0n) is 8.00. The van der Waals surface area contributed by atoms with Crippen molar-refractivity contribution in [2.75, 3.05) is 0 Å². The first-order valence-electron chi connectivity index (χ1n) is 4.11. The highest BCUT2D eigenvalue weighted by atomic mass is 16.1. The van der Waals surface area contributed by atoms with Crippen LogP contribution in [0.5, 0.6) is 0 Å². The normalized spacial score (nSPS) is 9.21. The summed E-state index contributed by atoms with van der Waals surface area (Å²) in [5.41, 5.74) is 1.49. The first-order chi connectivity index (χ1) is 6.61. The second-order valence-electron chi connectivity index (χ2n) is 3.00. The monoisotopic (exact) mass is 187 g/mol. The van der Waals surface area contributed by atoms with Gasteiger partial charge in [0.2, 0.25) is 0 Å². The summed E-state index contributed by atoms with van der Waals surface area (Å²) in [4.78, 5) is 21.9. The van der Waals surface area contributed by atoms with Gasteiger partial charge in [0.15, 0.2) is 12.1 Å². The molecule has 0 unspecified atom stereocenters. The molecule has 0 bridgehead atoms. The Morgan fingerprint density at radius 3 is 2.57 bits per heavy atom. The smallest absolute Gasteiger partial charge is 0.161 e. The van der Waals surface area contributed by atoms with Gasteiger partial charge in [0, 0.05) is 11.1 Å². The van der Waals surface area contributed by atoms with Gasteiger partial charge < -0.3 is 0 Å². The number of aldehydes is 1. The Balaban J connectivity index is 3.58. The van der Waals surface area contributed by atoms with Gasteiger partial charge in [0.1, 0.15) is 6.07 Å². The van der Waals surface area contributed by atoms with Gasteiger partial charge >= 0.3 is 0 Å². The molecule has 3 nitrogen and oxygen atoms in total. The Labute approximate surface area is 82.0 Å². The molecule has 14 heavy (non-hydrogen) atoms. The highest BCUT2D eigenvalue weighted by Crippen LogP contribution is 2.16. The third-order valence-electron chi connectivity index (χ3n) is 2.07. The number of nitrogens with zero attached hydrogens (tertiary/aromatic N) is 1. The van der Waals surface area contributed by atoms with Crippen LogP contribution < -0.4 is 0 Å². The maximum Gasteiger partial charge on any atom is 0.161 e. The molecule has 0 aliphatic rings. The summed E-state index contributed by atoms with van der Waals surface area (Å²) in [5, 5.41) is 8.84. The number of hydrogen-bond donors (Lipinski definition) is 0. The Bertz CT molecular complexity index is 441. The van der Waals surface area contributed by atoms with E-state index in [4.69, 9.17) is 5.26 Å². The van der Waals surface area contributed by atoms with Crippen molar-refractivity contribution in [3.63, 3.8) is 0 Å². The lowest BCUT2D eigenvalue weighted by molar-refractivity contribution is 0.101. The molecule has 1 aromatic carbocycles. The van der Waals surface area contributed by atoms with Crippen LogP contribution in [0.15, 0.2) is 12.1 Å². The summed E-state index contributed by atoms with van der Waals surface area (Å²) < 4.78 is 0. The molecule has 0 heterocycles. The molecule has 1 rings (SSSR count). The van der Waals surface area contributed by atoms with Gasteiger partial charge in [0.25, 0.3) is 0 Å². The van der Waals surface area contributed by atoms with Crippen LogP contribution in [-0.2, 0) is 0 Å². The molecule has 0 N–H and O–H groups in total. The maximum atomic E-state index is 11.1. The predicted molar refractivity (Wildman–Crippen MR) is 51.3 cm³/mol. The molecule has 0 aliphatic heterocycles. The minimum atomic E-state index is -0.204. The molecule has 0 spiro atoms. The molecular formula is C11H9NO2. The van der Waals surface area contributed by atoms with Gasteiger partial charge in [-0.1, -0.05) is 6.07 Å². The Hall–Kier alpha value is -1.95. The third kappa shape index (κ3) is 1.55. The van der Waals surface area contributed by atoms with Gasteiger partial charge in [-0.05, 0) is 25.5 Å². The van der Waals surface area contributed by atoms with Gasteiger partial charge in [-0.2, -0.15) is 5.26 Å². The van der Waals surface area contributed by atoms with E-state index in [2.05, 4.69) is 0 Å². The summed E-state index contributed by atoms with van der Waals surface area (Å²) in [7, 11) is 0. The van der Waals surface area contributed by atoms with E-state index in [0.717, 1.165) is 0 Å². The first kappa shape index (κ1) is 10.1. The van der Waals surface area contributed by atoms with Crippen molar-refractivity contribution in [2.45, 2.75) is 13.8 Å². The van der Waals surface area contributed by atoms with Crippen LogP contribution >= 0.6 is 0 Å². The Morgan fingerprint density at radius 2 is 2.14 bits per heavy atom. The molecule has 3 heteroatoms. The van der Waals surface area contributed by atoms with Crippen molar-refractivity contribution in [1.29, 1.82) is 5.26 Å². The molecular weight excluding hydrogens is 178 g/mol. The number of hydrogen-bond acceptors (Lipinski definition) is 3. The summed E-state index contributed by atoms with van der Waals surface area (Å²) >= 11 is 0. The van der Waals surface area contributed by atoms with Crippen molar-refractivity contribution in [3.8, 4) is 6.07 Å². The summed E-state index contributed by atoms with van der Waals surface area (Å²) in [6.07, 6.45) is 0.611. The second kappa shape index (κ2) is 3.84. The number of ketones is 1. The van der Waals surface area contributed by atoms with E-state index >= 15 is 0 Å². The van der Waals surface area contributed by atoms with Crippen molar-refractivity contribution in [1.82, 2.24) is 0 Å². The number of carbonyl (C=O) groups is 2. The van der Waals surface area contributed by atoms with Crippen molar-refractivity contribution in [3.05, 3.63) is 34.4 Å². The molecule has 0 fully saturated rings. The van der Waals surface area contributed by atoms with Gasteiger partial charge in [-0.25, -0.2) is 0 Å². The van der Waals surface area contributed by atoms with Crippen LogP contribution in [0.3, 0.4) is 0 Å². The lowest BCUT2D eigenvalue weighted by atomic mass is 9.96. The minimum Gasteiger partial charge on any atom is -0.298 e. The quantitative estimate of drug-likeness (QED) is 0.524. The van der Waals surface area contributed by atoms with Crippen LogP contribution in [0.1, 0.15) is 38.8 Å². The molecule has 1 aromatic rings. The summed E-state index contributed by atoms with van der Waals surface area (Å²) in [5.74, 6) is -0.204. The van der Waals surface area contributed by atoms with E-state index in [-0.39, 0.29) is 11.3 Å². The maximum absolute atomic E-state index is 11.1. The zero-order chi connectivity index (χ0) is 10.7. The molecule has 0 aromatic heterocycles. The molecule has 0 aliphatic carbocycles. The summed E-state index contributed by atoms with van der Waals surface area (Å²) in [6.45, 7) is 3.11. The van der Waals surface area contributed by atoms with Gasteiger partial charge in [0.05, 0.1) is 5.56 Å². The number of nitriles is 1. The predicted octanol–water partition coefficient (Wildman–Crippen LogP) is 1.88. The molecule has 0 atom stereocenters.